The van der Waals surface area contributed by atoms with E-state index in [4.69, 9.17) is 10.00 Å². The number of anilines is 1. The van der Waals surface area contributed by atoms with Crippen LogP contribution in [0.2, 0.25) is 0 Å². The number of fused-ring (bicyclic) bond motifs is 1. The summed E-state index contributed by atoms with van der Waals surface area (Å²) in [6.45, 7) is 0.799. The third kappa shape index (κ3) is 5.99. The van der Waals surface area contributed by atoms with Gasteiger partial charge in [0.05, 0.1) is 19.0 Å². The Bertz CT molecular complexity index is 1420. The number of hydrogen-bond donors (Lipinski definition) is 3. The Morgan fingerprint density at radius 1 is 1.15 bits per heavy atom. The summed E-state index contributed by atoms with van der Waals surface area (Å²) >= 11 is 1.22. The molecule has 0 aromatic heterocycles. The molecule has 4 rings (SSSR count). The van der Waals surface area contributed by atoms with E-state index in [-0.39, 0.29) is 48.8 Å². The number of carboxylic acid groups (broad SMARTS) is 1. The number of benzene rings is 1. The highest BCUT2D eigenvalue weighted by Crippen LogP contribution is 2.40. The lowest BCUT2D eigenvalue weighted by Crippen LogP contribution is -2.70. The Morgan fingerprint density at radius 2 is 1.85 bits per heavy atom. The van der Waals surface area contributed by atoms with Gasteiger partial charge < -0.3 is 20.5 Å². The van der Waals surface area contributed by atoms with Gasteiger partial charge in [0.1, 0.15) is 30.1 Å². The van der Waals surface area contributed by atoms with Crippen molar-refractivity contribution in [1.29, 1.82) is 5.26 Å². The van der Waals surface area contributed by atoms with Crippen LogP contribution in [0.15, 0.2) is 35.5 Å². The van der Waals surface area contributed by atoms with Crippen molar-refractivity contribution < 1.29 is 43.4 Å². The standard InChI is InChI=1S/C25H24N6O9S/c1-13(32)40-11-15-12-41-22-19(21(35)31(22)20(15)23(36)37)28-17(33)10-14-4-2-3-5-16(14)27-24(38)30-9-8-29(25(30)39)18(34)6-7-26/h2-5,19,22H,6,8-12H2,1H3,(H,27,38)(H,28,33)(H,36,37)/t19?,22-/m1/s1. The van der Waals surface area contributed by atoms with E-state index < -0.39 is 59.6 Å². The van der Waals surface area contributed by atoms with E-state index in [2.05, 4.69) is 10.6 Å². The van der Waals surface area contributed by atoms with Crippen LogP contribution >= 0.6 is 11.8 Å². The lowest BCUT2D eigenvalue weighted by atomic mass is 10.0. The lowest BCUT2D eigenvalue weighted by molar-refractivity contribution is -0.151. The summed E-state index contributed by atoms with van der Waals surface area (Å²) in [5, 5.41) is 22.8. The molecule has 1 unspecified atom stereocenters. The zero-order chi connectivity index (χ0) is 29.8. The number of imide groups is 2. The van der Waals surface area contributed by atoms with Gasteiger partial charge in [-0.25, -0.2) is 19.3 Å². The first kappa shape index (κ1) is 29.1. The third-order valence-corrected chi connectivity index (χ3v) is 7.75. The van der Waals surface area contributed by atoms with E-state index in [1.54, 1.807) is 24.3 Å². The monoisotopic (exact) mass is 584 g/mol. The van der Waals surface area contributed by atoms with Gasteiger partial charge in [-0.05, 0) is 11.6 Å². The molecule has 3 aliphatic heterocycles. The summed E-state index contributed by atoms with van der Waals surface area (Å²) in [6.07, 6.45) is -0.749. The van der Waals surface area contributed by atoms with E-state index in [0.717, 1.165) is 14.7 Å². The van der Waals surface area contributed by atoms with Gasteiger partial charge in [0, 0.05) is 30.5 Å². The van der Waals surface area contributed by atoms with Gasteiger partial charge in [0.25, 0.3) is 5.91 Å². The molecule has 0 bridgehead atoms. The lowest BCUT2D eigenvalue weighted by Gasteiger charge is -2.49. The molecule has 0 spiro atoms. The molecule has 2 atom stereocenters. The van der Waals surface area contributed by atoms with Crippen molar-refractivity contribution in [1.82, 2.24) is 20.0 Å². The number of aliphatic carboxylic acids is 1. The highest BCUT2D eigenvalue weighted by Gasteiger charge is 2.54. The van der Waals surface area contributed by atoms with E-state index in [1.807, 2.05) is 0 Å². The summed E-state index contributed by atoms with van der Waals surface area (Å²) < 4.78 is 4.90. The maximum atomic E-state index is 12.9. The summed E-state index contributed by atoms with van der Waals surface area (Å²) in [6, 6.07) is 5.31. The Labute approximate surface area is 237 Å². The number of carbonyl (C=O) groups is 7. The minimum atomic E-state index is -1.35. The quantitative estimate of drug-likeness (QED) is 0.279. The molecular formula is C25H24N6O9S. The average Bonchev–Trinajstić information content (AvgIpc) is 3.32. The number of nitrogens with one attached hydrogen (secondary N) is 2. The van der Waals surface area contributed by atoms with Crippen LogP contribution in [0.25, 0.3) is 0 Å². The molecule has 3 heterocycles. The number of carbonyl (C=O) groups excluding carboxylic acids is 6. The molecule has 3 N–H and O–H groups in total. The van der Waals surface area contributed by atoms with Crippen molar-refractivity contribution in [3.8, 4) is 6.07 Å². The van der Waals surface area contributed by atoms with Crippen molar-refractivity contribution in [2.24, 2.45) is 0 Å². The first-order chi connectivity index (χ1) is 19.5. The number of para-hydroxylation sites is 1. The SMILES string of the molecule is CC(=O)OCC1=C(C(=O)O)N2C(=O)C(NC(=O)Cc3ccccc3NC(=O)N3CCN(C(=O)CC#N)C3=O)[C@H]2SC1. The molecule has 7 amide bonds. The maximum Gasteiger partial charge on any atom is 0.352 e. The van der Waals surface area contributed by atoms with E-state index in [0.29, 0.717) is 5.56 Å². The summed E-state index contributed by atoms with van der Waals surface area (Å²) in [4.78, 5) is 88.6. The Hall–Kier alpha value is -4.91. The summed E-state index contributed by atoms with van der Waals surface area (Å²) in [5.74, 6) is -3.67. The molecule has 2 fully saturated rings. The number of β-lactam (4-membered cyclic amide) rings is 1. The molecule has 0 aliphatic carbocycles. The van der Waals surface area contributed by atoms with Crippen LogP contribution in [0.5, 0.6) is 0 Å². The summed E-state index contributed by atoms with van der Waals surface area (Å²) in [5.41, 5.74) is 0.591. The second-order valence-electron chi connectivity index (χ2n) is 9.07. The minimum absolute atomic E-state index is 0.0491. The smallest absolute Gasteiger partial charge is 0.352 e. The second kappa shape index (κ2) is 12.1. The Morgan fingerprint density at radius 3 is 2.54 bits per heavy atom. The minimum Gasteiger partial charge on any atom is -0.477 e. The van der Waals surface area contributed by atoms with Crippen molar-refractivity contribution >= 4 is 59.2 Å². The number of nitriles is 1. The van der Waals surface area contributed by atoms with E-state index in [1.165, 1.54) is 24.8 Å². The molecule has 15 nitrogen and oxygen atoms in total. The van der Waals surface area contributed by atoms with Crippen LogP contribution in [0.4, 0.5) is 15.3 Å². The molecule has 16 heteroatoms. The van der Waals surface area contributed by atoms with Crippen LogP contribution in [0, 0.1) is 11.3 Å². The van der Waals surface area contributed by atoms with Gasteiger partial charge in [0.2, 0.25) is 11.8 Å². The van der Waals surface area contributed by atoms with Crippen LogP contribution in [-0.4, -0.2) is 98.4 Å². The van der Waals surface area contributed by atoms with Gasteiger partial charge in [-0.1, -0.05) is 18.2 Å². The van der Waals surface area contributed by atoms with Gasteiger partial charge >= 0.3 is 24.0 Å². The molecule has 3 aliphatic rings. The number of hydrogen-bond acceptors (Lipinski definition) is 10. The number of urea groups is 2. The van der Waals surface area contributed by atoms with Gasteiger partial charge in [-0.15, -0.1) is 11.8 Å². The fraction of sp³-hybridized carbons (Fsp3) is 0.360. The Kier molecular flexibility index (Phi) is 8.57. The molecule has 0 saturated carbocycles. The number of carboxylic acids is 1. The fourth-order valence-electron chi connectivity index (χ4n) is 4.48. The summed E-state index contributed by atoms with van der Waals surface area (Å²) in [7, 11) is 0. The van der Waals surface area contributed by atoms with Crippen molar-refractivity contribution in [2.75, 3.05) is 30.8 Å². The predicted molar refractivity (Wildman–Crippen MR) is 140 cm³/mol. The number of amides is 7. The number of nitrogens with zero attached hydrogens (tertiary/aromatic N) is 4. The normalized spacial score (nSPS) is 19.7. The van der Waals surface area contributed by atoms with Crippen LogP contribution in [0.1, 0.15) is 18.9 Å². The molecule has 2 saturated heterocycles. The number of esters is 1. The highest BCUT2D eigenvalue weighted by atomic mass is 32.2. The zero-order valence-corrected chi connectivity index (χ0v) is 22.4. The predicted octanol–water partition coefficient (Wildman–Crippen LogP) is 0.241. The largest absolute Gasteiger partial charge is 0.477 e. The first-order valence-electron chi connectivity index (χ1n) is 12.2. The van der Waals surface area contributed by atoms with Gasteiger partial charge in [-0.2, -0.15) is 5.26 Å². The van der Waals surface area contributed by atoms with Gasteiger partial charge in [-0.3, -0.25) is 29.0 Å². The number of thioether (sulfide) groups is 1. The van der Waals surface area contributed by atoms with Crippen molar-refractivity contribution in [2.45, 2.75) is 31.2 Å². The zero-order valence-electron chi connectivity index (χ0n) is 21.6. The van der Waals surface area contributed by atoms with Crippen LogP contribution < -0.4 is 10.6 Å². The first-order valence-corrected chi connectivity index (χ1v) is 13.3. The highest BCUT2D eigenvalue weighted by molar-refractivity contribution is 8.00. The molecule has 41 heavy (non-hydrogen) atoms. The molecule has 1 aromatic rings. The van der Waals surface area contributed by atoms with Crippen LogP contribution in [0.3, 0.4) is 0 Å². The molecule has 0 radical (unpaired) electrons. The molecular weight excluding hydrogens is 560 g/mol. The van der Waals surface area contributed by atoms with Gasteiger partial charge in [0.15, 0.2) is 0 Å². The third-order valence-electron chi connectivity index (χ3n) is 6.41. The maximum absolute atomic E-state index is 12.9. The molecule has 1 aromatic carbocycles. The van der Waals surface area contributed by atoms with Crippen molar-refractivity contribution in [3.05, 3.63) is 41.1 Å². The Balaban J connectivity index is 1.39. The second-order valence-corrected chi connectivity index (χ2v) is 10.2. The van der Waals surface area contributed by atoms with Crippen molar-refractivity contribution in [3.63, 3.8) is 0 Å². The van der Waals surface area contributed by atoms with Crippen LogP contribution in [-0.2, 0) is 35.1 Å². The van der Waals surface area contributed by atoms with E-state index in [9.17, 15) is 38.7 Å². The fourth-order valence-corrected chi connectivity index (χ4v) is 5.81. The number of rotatable bonds is 8. The average molecular weight is 585 g/mol. The number of ether oxygens (including phenoxy) is 1. The topological polar surface area (TPSA) is 207 Å². The molecule has 214 valence electrons. The van der Waals surface area contributed by atoms with E-state index >= 15 is 0 Å².